The third-order valence-electron chi connectivity index (χ3n) is 3.23. The molecule has 0 aliphatic rings. The van der Waals surface area contributed by atoms with E-state index in [9.17, 15) is 0 Å². The van der Waals surface area contributed by atoms with E-state index in [0.717, 1.165) is 11.4 Å². The largest absolute Gasteiger partial charge is 0.491 e. The first kappa shape index (κ1) is 15.8. The molecule has 2 aromatic carbocycles. The first-order valence-corrected chi connectivity index (χ1v) is 8.48. The summed E-state index contributed by atoms with van der Waals surface area (Å²) in [6.07, 6.45) is 2.30. The molecule has 0 bridgehead atoms. The van der Waals surface area contributed by atoms with Gasteiger partial charge in [-0.3, -0.25) is 0 Å². The van der Waals surface area contributed by atoms with Crippen molar-refractivity contribution in [2.45, 2.75) is 37.8 Å². The Bertz CT molecular complexity index is 548. The van der Waals surface area contributed by atoms with Gasteiger partial charge < -0.3 is 10.1 Å². The van der Waals surface area contributed by atoms with Crippen molar-refractivity contribution in [3.05, 3.63) is 54.1 Å². The zero-order valence-electron chi connectivity index (χ0n) is 13.1. The van der Waals surface area contributed by atoms with E-state index in [2.05, 4.69) is 54.9 Å². The van der Waals surface area contributed by atoms with Gasteiger partial charge in [0.15, 0.2) is 0 Å². The molecule has 0 heterocycles. The Hall–Kier alpha value is -1.61. The highest BCUT2D eigenvalue weighted by Gasteiger charge is 2.05. The molecule has 0 radical (unpaired) electrons. The summed E-state index contributed by atoms with van der Waals surface area (Å²) in [4.78, 5) is 1.29. The first-order chi connectivity index (χ1) is 10.1. The molecule has 2 aromatic rings. The highest BCUT2D eigenvalue weighted by molar-refractivity contribution is 7.98. The van der Waals surface area contributed by atoms with Gasteiger partial charge >= 0.3 is 0 Å². The Kier molecular flexibility index (Phi) is 5.57. The second-order valence-corrected chi connectivity index (χ2v) is 6.21. The average Bonchev–Trinajstić information content (AvgIpc) is 2.49. The van der Waals surface area contributed by atoms with Crippen LogP contribution < -0.4 is 10.1 Å². The Morgan fingerprint density at radius 2 is 1.52 bits per heavy atom. The molecule has 1 atom stereocenters. The molecule has 0 aromatic heterocycles. The minimum atomic E-state index is 0.206. The summed E-state index contributed by atoms with van der Waals surface area (Å²) >= 11 is 1.77. The Morgan fingerprint density at radius 1 is 0.905 bits per heavy atom. The van der Waals surface area contributed by atoms with Crippen LogP contribution >= 0.6 is 11.8 Å². The second-order valence-electron chi connectivity index (χ2n) is 5.33. The van der Waals surface area contributed by atoms with Crippen molar-refractivity contribution < 1.29 is 4.74 Å². The predicted octanol–water partition coefficient (Wildman–Crippen LogP) is 5.37. The van der Waals surface area contributed by atoms with Crippen LogP contribution in [0.5, 0.6) is 5.75 Å². The van der Waals surface area contributed by atoms with Crippen molar-refractivity contribution in [3.63, 3.8) is 0 Å². The van der Waals surface area contributed by atoms with Crippen molar-refractivity contribution in [2.24, 2.45) is 0 Å². The summed E-state index contributed by atoms with van der Waals surface area (Å²) < 4.78 is 5.65. The quantitative estimate of drug-likeness (QED) is 0.725. The summed E-state index contributed by atoms with van der Waals surface area (Å²) in [7, 11) is 0. The van der Waals surface area contributed by atoms with E-state index in [1.165, 1.54) is 10.5 Å². The van der Waals surface area contributed by atoms with E-state index in [-0.39, 0.29) is 12.1 Å². The first-order valence-electron chi connectivity index (χ1n) is 7.25. The van der Waals surface area contributed by atoms with Gasteiger partial charge in [0.25, 0.3) is 0 Å². The molecule has 0 saturated heterocycles. The van der Waals surface area contributed by atoms with E-state index < -0.39 is 0 Å². The van der Waals surface area contributed by atoms with Crippen molar-refractivity contribution in [2.75, 3.05) is 11.6 Å². The number of rotatable bonds is 6. The summed E-state index contributed by atoms with van der Waals surface area (Å²) in [5.41, 5.74) is 2.39. The molecule has 1 unspecified atom stereocenters. The van der Waals surface area contributed by atoms with Crippen LogP contribution in [0.3, 0.4) is 0 Å². The number of benzene rings is 2. The van der Waals surface area contributed by atoms with Crippen LogP contribution in [0, 0.1) is 0 Å². The molecule has 2 nitrogen and oxygen atoms in total. The zero-order valence-corrected chi connectivity index (χ0v) is 13.9. The van der Waals surface area contributed by atoms with Crippen LogP contribution in [0.4, 0.5) is 5.69 Å². The third-order valence-corrected chi connectivity index (χ3v) is 3.97. The monoisotopic (exact) mass is 301 g/mol. The van der Waals surface area contributed by atoms with E-state index in [0.29, 0.717) is 0 Å². The summed E-state index contributed by atoms with van der Waals surface area (Å²) in [5, 5.41) is 3.51. The maximum atomic E-state index is 5.65. The Labute approximate surface area is 131 Å². The summed E-state index contributed by atoms with van der Waals surface area (Å²) in [6.45, 7) is 6.24. The molecule has 1 N–H and O–H groups in total. The van der Waals surface area contributed by atoms with Gasteiger partial charge in [0.1, 0.15) is 5.75 Å². The number of hydrogen-bond donors (Lipinski definition) is 1. The fourth-order valence-electron chi connectivity index (χ4n) is 2.13. The van der Waals surface area contributed by atoms with E-state index >= 15 is 0 Å². The molecule has 0 amide bonds. The maximum Gasteiger partial charge on any atom is 0.119 e. The van der Waals surface area contributed by atoms with Crippen LogP contribution in [-0.2, 0) is 0 Å². The molecule has 0 spiro atoms. The highest BCUT2D eigenvalue weighted by atomic mass is 32.2. The third kappa shape index (κ3) is 4.71. The number of hydrogen-bond acceptors (Lipinski definition) is 3. The van der Waals surface area contributed by atoms with E-state index in [4.69, 9.17) is 4.74 Å². The minimum absolute atomic E-state index is 0.206. The van der Waals surface area contributed by atoms with Gasteiger partial charge in [0.05, 0.1) is 6.10 Å². The lowest BCUT2D eigenvalue weighted by Gasteiger charge is -2.17. The number of nitrogens with one attached hydrogen (secondary N) is 1. The molecule has 0 aliphatic heterocycles. The number of thioether (sulfide) groups is 1. The Balaban J connectivity index is 1.99. The topological polar surface area (TPSA) is 21.3 Å². The van der Waals surface area contributed by atoms with Crippen molar-refractivity contribution >= 4 is 17.4 Å². The number of ether oxygens (including phenoxy) is 1. The Morgan fingerprint density at radius 3 is 2.05 bits per heavy atom. The van der Waals surface area contributed by atoms with Gasteiger partial charge in [-0.25, -0.2) is 0 Å². The van der Waals surface area contributed by atoms with E-state index in [1.807, 2.05) is 26.0 Å². The van der Waals surface area contributed by atoms with Gasteiger partial charge in [0, 0.05) is 16.6 Å². The molecule has 0 fully saturated rings. The summed E-state index contributed by atoms with van der Waals surface area (Å²) in [5.74, 6) is 0.910. The molecule has 3 heteroatoms. The second kappa shape index (κ2) is 7.41. The van der Waals surface area contributed by atoms with Gasteiger partial charge in [0.2, 0.25) is 0 Å². The van der Waals surface area contributed by atoms with Crippen molar-refractivity contribution in [1.29, 1.82) is 0 Å². The fraction of sp³-hybridized carbons (Fsp3) is 0.333. The highest BCUT2D eigenvalue weighted by Crippen LogP contribution is 2.24. The van der Waals surface area contributed by atoms with Gasteiger partial charge in [-0.1, -0.05) is 12.1 Å². The van der Waals surface area contributed by atoms with Crippen molar-refractivity contribution in [3.8, 4) is 5.75 Å². The standard InChI is InChI=1S/C18H23NOS/c1-13(2)20-17-9-7-16(8-10-17)19-14(3)15-5-11-18(21-4)12-6-15/h5-14,19H,1-4H3. The predicted molar refractivity (Wildman–Crippen MR) is 92.5 cm³/mol. The smallest absolute Gasteiger partial charge is 0.119 e. The van der Waals surface area contributed by atoms with Crippen LogP contribution in [0.1, 0.15) is 32.4 Å². The van der Waals surface area contributed by atoms with Gasteiger partial charge in [-0.2, -0.15) is 0 Å². The molecule has 112 valence electrons. The van der Waals surface area contributed by atoms with Gasteiger partial charge in [-0.15, -0.1) is 11.8 Å². The lowest BCUT2D eigenvalue weighted by Crippen LogP contribution is -2.07. The van der Waals surface area contributed by atoms with E-state index in [1.54, 1.807) is 11.8 Å². The van der Waals surface area contributed by atoms with Crippen LogP contribution in [0.15, 0.2) is 53.4 Å². The normalized spacial score (nSPS) is 12.2. The zero-order chi connectivity index (χ0) is 15.2. The lowest BCUT2D eigenvalue weighted by molar-refractivity contribution is 0.242. The van der Waals surface area contributed by atoms with Crippen LogP contribution in [0.2, 0.25) is 0 Å². The molecular weight excluding hydrogens is 278 g/mol. The molecule has 0 saturated carbocycles. The van der Waals surface area contributed by atoms with Crippen LogP contribution in [0.25, 0.3) is 0 Å². The van der Waals surface area contributed by atoms with Crippen molar-refractivity contribution in [1.82, 2.24) is 0 Å². The van der Waals surface area contributed by atoms with Gasteiger partial charge in [-0.05, 0) is 69.0 Å². The maximum absolute atomic E-state index is 5.65. The summed E-state index contributed by atoms with van der Waals surface area (Å²) in [6, 6.07) is 17.1. The minimum Gasteiger partial charge on any atom is -0.491 e. The average molecular weight is 301 g/mol. The molecule has 2 rings (SSSR count). The fourth-order valence-corrected chi connectivity index (χ4v) is 2.54. The lowest BCUT2D eigenvalue weighted by atomic mass is 10.1. The van der Waals surface area contributed by atoms with Crippen LogP contribution in [-0.4, -0.2) is 12.4 Å². The molecule has 0 aliphatic carbocycles. The molecule has 21 heavy (non-hydrogen) atoms. The SMILES string of the molecule is CSc1ccc(C(C)Nc2ccc(OC(C)C)cc2)cc1. The molecular formula is C18H23NOS. The number of anilines is 1.